The molecule has 0 atom stereocenters. The Bertz CT molecular complexity index is 1300. The van der Waals surface area contributed by atoms with E-state index in [0.717, 1.165) is 0 Å². The lowest BCUT2D eigenvalue weighted by Gasteiger charge is -2.16. The highest BCUT2D eigenvalue weighted by Gasteiger charge is 2.23. The number of hydrogen-bond donors (Lipinski definition) is 2. The monoisotopic (exact) mass is 486 g/mol. The number of aromatic nitrogens is 1. The molecule has 1 amide bonds. The van der Waals surface area contributed by atoms with E-state index in [1.807, 2.05) is 0 Å². The zero-order valence-electron chi connectivity index (χ0n) is 19.7. The molecule has 3 rings (SSSR count). The number of nitrogens with zero attached hydrogens (tertiary/aromatic N) is 2. The fourth-order valence-electron chi connectivity index (χ4n) is 3.01. The maximum Gasteiger partial charge on any atom is 0.259 e. The number of nitrogen functional groups attached to an aromatic ring is 1. The van der Waals surface area contributed by atoms with E-state index >= 15 is 0 Å². The number of amidine groups is 1. The third-order valence-electron chi connectivity index (χ3n) is 4.90. The third-order valence-corrected chi connectivity index (χ3v) is 4.90. The number of pyridine rings is 1. The van der Waals surface area contributed by atoms with Gasteiger partial charge in [-0.25, -0.2) is 8.78 Å². The molecule has 184 valence electrons. The van der Waals surface area contributed by atoms with E-state index in [-0.39, 0.29) is 40.3 Å². The summed E-state index contributed by atoms with van der Waals surface area (Å²) in [4.78, 5) is 17.6. The molecule has 0 saturated heterocycles. The molecule has 11 heteroatoms. The minimum atomic E-state index is -1.06. The Morgan fingerprint density at radius 1 is 0.914 bits per heavy atom. The Hall–Kier alpha value is -4.41. The van der Waals surface area contributed by atoms with Crippen molar-refractivity contribution in [3.63, 3.8) is 0 Å². The summed E-state index contributed by atoms with van der Waals surface area (Å²) >= 11 is 0. The number of nitrogens with one attached hydrogen (secondary N) is 1. The molecule has 9 nitrogen and oxygen atoms in total. The maximum absolute atomic E-state index is 14.9. The van der Waals surface area contributed by atoms with Crippen molar-refractivity contribution in [1.29, 1.82) is 5.41 Å². The molecule has 3 aromatic rings. The topological polar surface area (TPSA) is 120 Å². The number of amides is 1. The number of rotatable bonds is 8. The van der Waals surface area contributed by atoms with Crippen LogP contribution in [0.1, 0.15) is 21.5 Å². The van der Waals surface area contributed by atoms with Gasteiger partial charge in [-0.2, -0.15) is 4.98 Å². The molecule has 0 bridgehead atoms. The van der Waals surface area contributed by atoms with Gasteiger partial charge in [-0.3, -0.25) is 10.2 Å². The van der Waals surface area contributed by atoms with Crippen molar-refractivity contribution in [3.05, 3.63) is 64.7 Å². The lowest BCUT2D eigenvalue weighted by atomic mass is 10.2. The molecule has 35 heavy (non-hydrogen) atoms. The highest BCUT2D eigenvalue weighted by molar-refractivity contribution is 5.95. The van der Waals surface area contributed by atoms with Crippen LogP contribution in [0.3, 0.4) is 0 Å². The molecule has 3 N–H and O–H groups in total. The van der Waals surface area contributed by atoms with Crippen molar-refractivity contribution in [2.45, 2.75) is 6.92 Å². The molecule has 1 aromatic heterocycles. The summed E-state index contributed by atoms with van der Waals surface area (Å²) in [5.41, 5.74) is 5.64. The SMILES string of the molecule is COc1cc(Oc2nc(Oc3cc(C(=N)N)ccc3OC)c(F)c(C)c2F)cc(C(=O)N(C)C)c1. The summed E-state index contributed by atoms with van der Waals surface area (Å²) in [5.74, 6) is -3.33. The Morgan fingerprint density at radius 2 is 1.54 bits per heavy atom. The zero-order valence-corrected chi connectivity index (χ0v) is 19.7. The standard InChI is InChI=1S/C24H24F2N4O5/c1-12-19(25)22(34-16-9-14(24(31)30(2)3)8-15(11-16)32-4)29-23(20(12)26)35-18-10-13(21(27)28)6-7-17(18)33-5/h6-11H,1-5H3,(H3,27,28). The average molecular weight is 486 g/mol. The van der Waals surface area contributed by atoms with Crippen molar-refractivity contribution in [2.75, 3.05) is 28.3 Å². The molecule has 0 aliphatic rings. The van der Waals surface area contributed by atoms with Gasteiger partial charge in [0.1, 0.15) is 17.3 Å². The van der Waals surface area contributed by atoms with Crippen molar-refractivity contribution in [3.8, 4) is 34.8 Å². The Kier molecular flexibility index (Phi) is 7.38. The summed E-state index contributed by atoms with van der Waals surface area (Å²) in [6.45, 7) is 1.20. The van der Waals surface area contributed by atoms with Gasteiger partial charge in [0.2, 0.25) is 0 Å². The predicted octanol–water partition coefficient (Wildman–Crippen LogP) is 4.26. The highest BCUT2D eigenvalue weighted by atomic mass is 19.1. The van der Waals surface area contributed by atoms with E-state index in [9.17, 15) is 13.6 Å². The number of benzene rings is 2. The van der Waals surface area contributed by atoms with Gasteiger partial charge in [-0.15, -0.1) is 0 Å². The first-order valence-corrected chi connectivity index (χ1v) is 10.2. The van der Waals surface area contributed by atoms with Gasteiger partial charge in [0.25, 0.3) is 17.7 Å². The smallest absolute Gasteiger partial charge is 0.259 e. The first-order valence-electron chi connectivity index (χ1n) is 10.2. The third kappa shape index (κ3) is 5.40. The lowest BCUT2D eigenvalue weighted by Crippen LogP contribution is -2.21. The zero-order chi connectivity index (χ0) is 25.9. The van der Waals surface area contributed by atoms with Gasteiger partial charge in [0, 0.05) is 36.9 Å². The quantitative estimate of drug-likeness (QED) is 0.361. The number of nitrogens with two attached hydrogens (primary N) is 1. The van der Waals surface area contributed by atoms with Crippen LogP contribution in [0.25, 0.3) is 0 Å². The molecule has 0 aliphatic heterocycles. The normalized spacial score (nSPS) is 10.5. The van der Waals surface area contributed by atoms with Gasteiger partial charge < -0.3 is 29.6 Å². The van der Waals surface area contributed by atoms with E-state index in [4.69, 9.17) is 30.1 Å². The molecular weight excluding hydrogens is 462 g/mol. The van der Waals surface area contributed by atoms with Crippen molar-refractivity contribution in [1.82, 2.24) is 9.88 Å². The van der Waals surface area contributed by atoms with Crippen molar-refractivity contribution in [2.24, 2.45) is 5.73 Å². The second-order valence-electron chi connectivity index (χ2n) is 7.56. The number of methoxy groups -OCH3 is 2. The van der Waals surface area contributed by atoms with E-state index in [1.54, 1.807) is 14.1 Å². The van der Waals surface area contributed by atoms with Crippen LogP contribution in [0.15, 0.2) is 36.4 Å². The van der Waals surface area contributed by atoms with Crippen molar-refractivity contribution >= 4 is 11.7 Å². The summed E-state index contributed by atoms with van der Waals surface area (Å²) in [6.07, 6.45) is 0. The van der Waals surface area contributed by atoms with E-state index in [1.165, 1.54) is 62.4 Å². The van der Waals surface area contributed by atoms with Crippen LogP contribution in [0, 0.1) is 24.0 Å². The number of carbonyl (C=O) groups excluding carboxylic acids is 1. The maximum atomic E-state index is 14.9. The minimum Gasteiger partial charge on any atom is -0.497 e. The second-order valence-corrected chi connectivity index (χ2v) is 7.56. The molecule has 0 radical (unpaired) electrons. The number of ether oxygens (including phenoxy) is 4. The van der Waals surface area contributed by atoms with Gasteiger partial charge in [0.05, 0.1) is 14.2 Å². The Labute approximate surface area is 200 Å². The Morgan fingerprint density at radius 3 is 2.11 bits per heavy atom. The Balaban J connectivity index is 2.05. The second kappa shape index (κ2) is 10.2. The summed E-state index contributed by atoms with van der Waals surface area (Å²) in [6, 6.07) is 8.67. The molecular formula is C24H24F2N4O5. The first-order chi connectivity index (χ1) is 16.5. The van der Waals surface area contributed by atoms with E-state index in [0.29, 0.717) is 5.56 Å². The number of carbonyl (C=O) groups is 1. The predicted molar refractivity (Wildman–Crippen MR) is 124 cm³/mol. The summed E-state index contributed by atoms with van der Waals surface area (Å²) in [5, 5.41) is 7.59. The molecule has 2 aromatic carbocycles. The van der Waals surface area contributed by atoms with Crippen LogP contribution in [-0.4, -0.2) is 49.9 Å². The van der Waals surface area contributed by atoms with Crippen molar-refractivity contribution < 1.29 is 32.5 Å². The van der Waals surface area contributed by atoms with Gasteiger partial charge in [0.15, 0.2) is 23.1 Å². The van der Waals surface area contributed by atoms with Gasteiger partial charge in [-0.1, -0.05) is 0 Å². The number of halogens is 2. The fraction of sp³-hybridized carbons (Fsp3) is 0.208. The molecule has 0 fully saturated rings. The van der Waals surface area contributed by atoms with Crippen LogP contribution >= 0.6 is 0 Å². The average Bonchev–Trinajstić information content (AvgIpc) is 2.84. The van der Waals surface area contributed by atoms with Crippen LogP contribution in [0.4, 0.5) is 8.78 Å². The van der Waals surface area contributed by atoms with E-state index in [2.05, 4.69) is 4.98 Å². The van der Waals surface area contributed by atoms with Crippen LogP contribution in [0.2, 0.25) is 0 Å². The largest absolute Gasteiger partial charge is 0.497 e. The van der Waals surface area contributed by atoms with Gasteiger partial charge >= 0.3 is 0 Å². The molecule has 0 aliphatic carbocycles. The lowest BCUT2D eigenvalue weighted by molar-refractivity contribution is 0.0827. The molecule has 0 unspecified atom stereocenters. The fourth-order valence-corrected chi connectivity index (χ4v) is 3.01. The molecule has 1 heterocycles. The van der Waals surface area contributed by atoms with Crippen LogP contribution in [0.5, 0.6) is 34.8 Å². The summed E-state index contributed by atoms with van der Waals surface area (Å²) < 4.78 is 51.4. The summed E-state index contributed by atoms with van der Waals surface area (Å²) in [7, 11) is 5.93. The van der Waals surface area contributed by atoms with E-state index < -0.39 is 29.0 Å². The van der Waals surface area contributed by atoms with Crippen LogP contribution < -0.4 is 24.7 Å². The minimum absolute atomic E-state index is 0.00352. The first kappa shape index (κ1) is 25.2. The van der Waals surface area contributed by atoms with Gasteiger partial charge in [-0.05, 0) is 37.3 Å². The van der Waals surface area contributed by atoms with Crippen LogP contribution in [-0.2, 0) is 0 Å². The number of hydrogen-bond acceptors (Lipinski definition) is 7. The highest BCUT2D eigenvalue weighted by Crippen LogP contribution is 2.37. The molecule has 0 saturated carbocycles. The molecule has 0 spiro atoms.